The molecule has 19 heavy (non-hydrogen) atoms. The zero-order valence-electron chi connectivity index (χ0n) is 11.4. The zero-order chi connectivity index (χ0) is 14.1. The zero-order valence-corrected chi connectivity index (χ0v) is 11.4. The fourth-order valence-corrected chi connectivity index (χ4v) is 1.62. The Balaban J connectivity index is 2.51. The predicted molar refractivity (Wildman–Crippen MR) is 74.8 cm³/mol. The Morgan fingerprint density at radius 1 is 1.32 bits per heavy atom. The molecule has 2 amide bonds. The van der Waals surface area contributed by atoms with Gasteiger partial charge in [0, 0.05) is 13.1 Å². The van der Waals surface area contributed by atoms with Gasteiger partial charge in [0.2, 0.25) is 0 Å². The Morgan fingerprint density at radius 2 is 2.11 bits per heavy atom. The van der Waals surface area contributed by atoms with Gasteiger partial charge in [-0.25, -0.2) is 4.79 Å². The molecule has 0 aliphatic rings. The number of nitrogens with one attached hydrogen (secondary N) is 2. The lowest BCUT2D eigenvalue weighted by atomic mass is 10.1. The number of methoxy groups -OCH3 is 2. The van der Waals surface area contributed by atoms with Crippen molar-refractivity contribution >= 4 is 6.03 Å². The normalized spacial score (nSPS) is 9.58. The van der Waals surface area contributed by atoms with Crippen LogP contribution >= 0.6 is 0 Å². The van der Waals surface area contributed by atoms with Crippen molar-refractivity contribution in [1.82, 2.24) is 10.6 Å². The number of benzene rings is 1. The molecular weight excluding hydrogens is 244 g/mol. The Kier molecular flexibility index (Phi) is 6.29. The molecule has 0 saturated heterocycles. The lowest BCUT2D eigenvalue weighted by Crippen LogP contribution is -2.36. The first-order chi connectivity index (χ1) is 9.21. The van der Waals surface area contributed by atoms with Crippen LogP contribution in [0.4, 0.5) is 4.79 Å². The smallest absolute Gasteiger partial charge is 0.315 e. The van der Waals surface area contributed by atoms with Crippen LogP contribution in [0.2, 0.25) is 0 Å². The van der Waals surface area contributed by atoms with Crippen molar-refractivity contribution in [3.63, 3.8) is 0 Å². The van der Waals surface area contributed by atoms with E-state index < -0.39 is 0 Å². The van der Waals surface area contributed by atoms with Crippen molar-refractivity contribution in [1.29, 1.82) is 0 Å². The number of hydrogen-bond acceptors (Lipinski definition) is 3. The molecule has 5 nitrogen and oxygen atoms in total. The molecule has 0 spiro atoms. The van der Waals surface area contributed by atoms with Gasteiger partial charge < -0.3 is 20.1 Å². The molecule has 0 fully saturated rings. The van der Waals surface area contributed by atoms with E-state index in [9.17, 15) is 4.79 Å². The minimum Gasteiger partial charge on any atom is -0.497 e. The standard InChI is InChI=1S/C14H20N2O3/c1-4-8-15-14(17)16-9-7-11-10-12(18-2)5-6-13(11)19-3/h4-6,10H,1,7-9H2,2-3H3,(H2,15,16,17). The van der Waals surface area contributed by atoms with Crippen molar-refractivity contribution < 1.29 is 14.3 Å². The maximum absolute atomic E-state index is 11.3. The van der Waals surface area contributed by atoms with E-state index in [2.05, 4.69) is 17.2 Å². The predicted octanol–water partition coefficient (Wildman–Crippen LogP) is 1.73. The van der Waals surface area contributed by atoms with Crippen molar-refractivity contribution in [2.24, 2.45) is 0 Å². The summed E-state index contributed by atoms with van der Waals surface area (Å²) in [4.78, 5) is 11.3. The van der Waals surface area contributed by atoms with E-state index in [0.717, 1.165) is 17.1 Å². The van der Waals surface area contributed by atoms with Gasteiger partial charge >= 0.3 is 6.03 Å². The second-order valence-corrected chi connectivity index (χ2v) is 3.85. The van der Waals surface area contributed by atoms with Gasteiger partial charge in [0.25, 0.3) is 0 Å². The molecule has 5 heteroatoms. The van der Waals surface area contributed by atoms with E-state index in [1.165, 1.54) is 0 Å². The number of carbonyl (C=O) groups is 1. The summed E-state index contributed by atoms with van der Waals surface area (Å²) in [5.41, 5.74) is 0.992. The van der Waals surface area contributed by atoms with Crippen LogP contribution in [0.5, 0.6) is 11.5 Å². The van der Waals surface area contributed by atoms with E-state index in [1.807, 2.05) is 18.2 Å². The maximum Gasteiger partial charge on any atom is 0.315 e. The summed E-state index contributed by atoms with van der Waals surface area (Å²) in [5, 5.41) is 5.41. The summed E-state index contributed by atoms with van der Waals surface area (Å²) in [6.07, 6.45) is 2.30. The molecule has 0 saturated carbocycles. The number of amides is 2. The monoisotopic (exact) mass is 264 g/mol. The van der Waals surface area contributed by atoms with Crippen LogP contribution in [-0.4, -0.2) is 33.3 Å². The highest BCUT2D eigenvalue weighted by molar-refractivity contribution is 5.73. The Morgan fingerprint density at radius 3 is 2.74 bits per heavy atom. The lowest BCUT2D eigenvalue weighted by molar-refractivity contribution is 0.242. The fraction of sp³-hybridized carbons (Fsp3) is 0.357. The summed E-state index contributed by atoms with van der Waals surface area (Å²) in [7, 11) is 3.24. The van der Waals surface area contributed by atoms with E-state index in [0.29, 0.717) is 19.5 Å². The van der Waals surface area contributed by atoms with E-state index in [4.69, 9.17) is 9.47 Å². The molecule has 0 aromatic heterocycles. The Hall–Kier alpha value is -2.17. The summed E-state index contributed by atoms with van der Waals surface area (Å²) in [5.74, 6) is 1.56. The highest BCUT2D eigenvalue weighted by Crippen LogP contribution is 2.23. The van der Waals surface area contributed by atoms with Crippen LogP contribution in [0.3, 0.4) is 0 Å². The summed E-state index contributed by atoms with van der Waals surface area (Å²) in [6.45, 7) is 4.50. The number of urea groups is 1. The minimum atomic E-state index is -0.207. The number of rotatable bonds is 7. The molecule has 1 aromatic carbocycles. The van der Waals surface area contributed by atoms with Gasteiger partial charge in [0.15, 0.2) is 0 Å². The molecule has 0 radical (unpaired) electrons. The van der Waals surface area contributed by atoms with Crippen molar-refractivity contribution in [3.8, 4) is 11.5 Å². The first-order valence-corrected chi connectivity index (χ1v) is 6.04. The summed E-state index contributed by atoms with van der Waals surface area (Å²) in [6, 6.07) is 5.39. The first-order valence-electron chi connectivity index (χ1n) is 6.04. The third-order valence-electron chi connectivity index (χ3n) is 2.57. The van der Waals surface area contributed by atoms with Gasteiger partial charge in [-0.2, -0.15) is 0 Å². The van der Waals surface area contributed by atoms with Crippen LogP contribution < -0.4 is 20.1 Å². The fourth-order valence-electron chi connectivity index (χ4n) is 1.62. The molecule has 0 aliphatic heterocycles. The average Bonchev–Trinajstić information content (AvgIpc) is 2.44. The molecule has 1 aromatic rings. The van der Waals surface area contributed by atoms with Crippen molar-refractivity contribution in [2.45, 2.75) is 6.42 Å². The highest BCUT2D eigenvalue weighted by atomic mass is 16.5. The third-order valence-corrected chi connectivity index (χ3v) is 2.57. The minimum absolute atomic E-state index is 0.207. The van der Waals surface area contributed by atoms with Crippen LogP contribution in [-0.2, 0) is 6.42 Å². The molecule has 0 bridgehead atoms. The molecule has 0 heterocycles. The Labute approximate surface area is 113 Å². The van der Waals surface area contributed by atoms with Crippen molar-refractivity contribution in [3.05, 3.63) is 36.4 Å². The first kappa shape index (κ1) is 14.9. The van der Waals surface area contributed by atoms with Crippen LogP contribution in [0.15, 0.2) is 30.9 Å². The van der Waals surface area contributed by atoms with Crippen LogP contribution in [0.25, 0.3) is 0 Å². The third kappa shape index (κ3) is 4.91. The highest BCUT2D eigenvalue weighted by Gasteiger charge is 2.05. The van der Waals surface area contributed by atoms with Gasteiger partial charge in [-0.1, -0.05) is 6.08 Å². The topological polar surface area (TPSA) is 59.6 Å². The quantitative estimate of drug-likeness (QED) is 0.737. The van der Waals surface area contributed by atoms with Crippen molar-refractivity contribution in [2.75, 3.05) is 27.3 Å². The van der Waals surface area contributed by atoms with Gasteiger partial charge in [-0.05, 0) is 30.2 Å². The largest absolute Gasteiger partial charge is 0.497 e. The molecular formula is C14H20N2O3. The molecule has 0 unspecified atom stereocenters. The number of ether oxygens (including phenoxy) is 2. The maximum atomic E-state index is 11.3. The van der Waals surface area contributed by atoms with E-state index in [1.54, 1.807) is 20.3 Å². The molecule has 0 aliphatic carbocycles. The van der Waals surface area contributed by atoms with Gasteiger partial charge in [-0.15, -0.1) is 6.58 Å². The Bertz CT molecular complexity index is 433. The summed E-state index contributed by atoms with van der Waals surface area (Å²) >= 11 is 0. The SMILES string of the molecule is C=CCNC(=O)NCCc1cc(OC)ccc1OC. The van der Waals surface area contributed by atoms with Crippen LogP contribution in [0, 0.1) is 0 Å². The molecule has 1 rings (SSSR count). The number of hydrogen-bond donors (Lipinski definition) is 2. The second kappa shape index (κ2) is 8.02. The van der Waals surface area contributed by atoms with E-state index in [-0.39, 0.29) is 6.03 Å². The number of carbonyl (C=O) groups excluding carboxylic acids is 1. The molecule has 2 N–H and O–H groups in total. The average molecular weight is 264 g/mol. The second-order valence-electron chi connectivity index (χ2n) is 3.85. The molecule has 104 valence electrons. The van der Waals surface area contributed by atoms with E-state index >= 15 is 0 Å². The van der Waals surface area contributed by atoms with Gasteiger partial charge in [0.05, 0.1) is 14.2 Å². The summed E-state index contributed by atoms with van der Waals surface area (Å²) < 4.78 is 10.4. The van der Waals surface area contributed by atoms with Gasteiger partial charge in [-0.3, -0.25) is 0 Å². The molecule has 0 atom stereocenters. The van der Waals surface area contributed by atoms with Crippen LogP contribution in [0.1, 0.15) is 5.56 Å². The lowest BCUT2D eigenvalue weighted by Gasteiger charge is -2.11. The van der Waals surface area contributed by atoms with Gasteiger partial charge in [0.1, 0.15) is 11.5 Å².